The van der Waals surface area contributed by atoms with Crippen LogP contribution in [0.3, 0.4) is 0 Å². The third-order valence-electron chi connectivity index (χ3n) is 3.61. The molecular weight excluding hydrogens is 336 g/mol. The van der Waals surface area contributed by atoms with Crippen LogP contribution in [0.25, 0.3) is 11.4 Å². The van der Waals surface area contributed by atoms with Gasteiger partial charge >= 0.3 is 0 Å². The Hall–Kier alpha value is -3.49. The second kappa shape index (κ2) is 7.60. The van der Waals surface area contributed by atoms with Crippen LogP contribution in [0, 0.1) is 0 Å². The zero-order valence-corrected chi connectivity index (χ0v) is 14.4. The molecule has 1 aromatic carbocycles. The molecule has 3 aromatic rings. The van der Waals surface area contributed by atoms with E-state index in [1.54, 1.807) is 13.2 Å². The van der Waals surface area contributed by atoms with Crippen molar-refractivity contribution in [3.05, 3.63) is 52.4 Å². The summed E-state index contributed by atoms with van der Waals surface area (Å²) in [6.07, 6.45) is 0.737. The quantitative estimate of drug-likeness (QED) is 0.696. The molecule has 0 unspecified atom stereocenters. The van der Waals surface area contributed by atoms with Gasteiger partial charge in [0.25, 0.3) is 11.5 Å². The lowest BCUT2D eigenvalue weighted by atomic mass is 10.2. The van der Waals surface area contributed by atoms with Gasteiger partial charge in [0.2, 0.25) is 5.95 Å². The number of benzene rings is 1. The number of nitrogens with one attached hydrogen (secondary N) is 2. The van der Waals surface area contributed by atoms with Crippen LogP contribution < -0.4 is 15.6 Å². The van der Waals surface area contributed by atoms with E-state index in [9.17, 15) is 9.59 Å². The van der Waals surface area contributed by atoms with Crippen LogP contribution in [0.1, 0.15) is 23.8 Å². The van der Waals surface area contributed by atoms with Gasteiger partial charge in [0.15, 0.2) is 5.82 Å². The van der Waals surface area contributed by atoms with Gasteiger partial charge in [0.1, 0.15) is 11.4 Å². The Balaban J connectivity index is 1.80. The first-order chi connectivity index (χ1) is 12.6. The number of aromatic nitrogens is 5. The molecule has 2 aromatic heterocycles. The van der Waals surface area contributed by atoms with Crippen molar-refractivity contribution in [1.29, 1.82) is 0 Å². The van der Waals surface area contributed by atoms with Gasteiger partial charge in [-0.15, -0.1) is 5.10 Å². The summed E-state index contributed by atoms with van der Waals surface area (Å²) in [5.41, 5.74) is 0.582. The molecule has 3 rings (SSSR count). The Morgan fingerprint density at radius 1 is 1.27 bits per heavy atom. The number of H-pyrrole nitrogens is 1. The summed E-state index contributed by atoms with van der Waals surface area (Å²) in [7, 11) is 1.56. The Morgan fingerprint density at radius 2 is 2.08 bits per heavy atom. The SMILES string of the molecule is CCCn1nc(C(=O)Nc2n[nH]c(-c3ccccc3OC)n2)ccc1=O. The van der Waals surface area contributed by atoms with E-state index in [1.807, 2.05) is 25.1 Å². The number of methoxy groups -OCH3 is 1. The van der Waals surface area contributed by atoms with Crippen LogP contribution in [0.4, 0.5) is 5.95 Å². The van der Waals surface area contributed by atoms with Crippen molar-refractivity contribution in [2.24, 2.45) is 0 Å². The minimum Gasteiger partial charge on any atom is -0.496 e. The third-order valence-corrected chi connectivity index (χ3v) is 3.61. The van der Waals surface area contributed by atoms with Crippen molar-refractivity contribution >= 4 is 11.9 Å². The summed E-state index contributed by atoms with van der Waals surface area (Å²) in [5.74, 6) is 0.697. The van der Waals surface area contributed by atoms with E-state index in [0.29, 0.717) is 18.1 Å². The monoisotopic (exact) mass is 354 g/mol. The molecule has 0 atom stereocenters. The van der Waals surface area contributed by atoms with Crippen molar-refractivity contribution < 1.29 is 9.53 Å². The highest BCUT2D eigenvalue weighted by Crippen LogP contribution is 2.27. The van der Waals surface area contributed by atoms with Gasteiger partial charge in [-0.3, -0.25) is 20.0 Å². The summed E-state index contributed by atoms with van der Waals surface area (Å²) < 4.78 is 6.55. The summed E-state index contributed by atoms with van der Waals surface area (Å²) in [5, 5.41) is 13.4. The Labute approximate surface area is 149 Å². The lowest BCUT2D eigenvalue weighted by molar-refractivity contribution is 0.101. The molecule has 0 aliphatic rings. The molecule has 0 fully saturated rings. The van der Waals surface area contributed by atoms with Crippen LogP contribution in [-0.2, 0) is 6.54 Å². The summed E-state index contributed by atoms with van der Waals surface area (Å²) >= 11 is 0. The minimum atomic E-state index is -0.500. The van der Waals surface area contributed by atoms with Crippen LogP contribution in [0.5, 0.6) is 5.75 Å². The molecule has 0 saturated carbocycles. The molecule has 1 amide bonds. The molecule has 0 saturated heterocycles. The average Bonchev–Trinajstić information content (AvgIpc) is 3.12. The van der Waals surface area contributed by atoms with Crippen LogP contribution >= 0.6 is 0 Å². The van der Waals surface area contributed by atoms with Crippen molar-refractivity contribution in [2.45, 2.75) is 19.9 Å². The predicted molar refractivity (Wildman–Crippen MR) is 95.1 cm³/mol. The normalized spacial score (nSPS) is 10.5. The fourth-order valence-corrected chi connectivity index (χ4v) is 2.39. The molecule has 9 heteroatoms. The first kappa shape index (κ1) is 17.3. The summed E-state index contributed by atoms with van der Waals surface area (Å²) in [4.78, 5) is 28.3. The standard InChI is InChI=1S/C17H18N6O3/c1-3-10-23-14(24)9-8-12(22-23)16(25)19-17-18-15(20-21-17)11-6-4-5-7-13(11)26-2/h4-9H,3,10H2,1-2H3,(H2,18,19,20,21,25). The highest BCUT2D eigenvalue weighted by Gasteiger charge is 2.15. The number of anilines is 1. The van der Waals surface area contributed by atoms with Gasteiger partial charge in [-0.2, -0.15) is 10.1 Å². The first-order valence-electron chi connectivity index (χ1n) is 8.07. The van der Waals surface area contributed by atoms with E-state index in [0.717, 1.165) is 12.0 Å². The van der Waals surface area contributed by atoms with E-state index in [-0.39, 0.29) is 17.2 Å². The average molecular weight is 354 g/mol. The first-order valence-corrected chi connectivity index (χ1v) is 8.07. The highest BCUT2D eigenvalue weighted by atomic mass is 16.5. The number of hydrogen-bond acceptors (Lipinski definition) is 6. The van der Waals surface area contributed by atoms with E-state index in [2.05, 4.69) is 25.6 Å². The highest BCUT2D eigenvalue weighted by molar-refractivity contribution is 6.01. The number of para-hydroxylation sites is 1. The molecule has 0 radical (unpaired) electrons. The van der Waals surface area contributed by atoms with E-state index in [4.69, 9.17) is 4.74 Å². The van der Waals surface area contributed by atoms with Crippen LogP contribution in [0.2, 0.25) is 0 Å². The number of aromatic amines is 1. The van der Waals surface area contributed by atoms with Crippen molar-refractivity contribution in [3.8, 4) is 17.1 Å². The lowest BCUT2D eigenvalue weighted by Crippen LogP contribution is -2.26. The molecule has 2 heterocycles. The minimum absolute atomic E-state index is 0.103. The Kier molecular flexibility index (Phi) is 5.07. The Bertz CT molecular complexity index is 978. The number of carbonyl (C=O) groups excluding carboxylic acids is 1. The number of aryl methyl sites for hydroxylation is 1. The van der Waals surface area contributed by atoms with Crippen molar-refractivity contribution in [2.75, 3.05) is 12.4 Å². The van der Waals surface area contributed by atoms with Gasteiger partial charge in [-0.25, -0.2) is 4.68 Å². The van der Waals surface area contributed by atoms with Crippen LogP contribution in [-0.4, -0.2) is 38.0 Å². The van der Waals surface area contributed by atoms with Gasteiger partial charge in [-0.1, -0.05) is 19.1 Å². The Morgan fingerprint density at radius 3 is 2.85 bits per heavy atom. The zero-order chi connectivity index (χ0) is 18.5. The second-order valence-electron chi connectivity index (χ2n) is 5.44. The van der Waals surface area contributed by atoms with Crippen molar-refractivity contribution in [1.82, 2.24) is 25.0 Å². The molecule has 134 valence electrons. The molecule has 2 N–H and O–H groups in total. The molecule has 9 nitrogen and oxygen atoms in total. The topological polar surface area (TPSA) is 115 Å². The lowest BCUT2D eigenvalue weighted by Gasteiger charge is -2.05. The second-order valence-corrected chi connectivity index (χ2v) is 5.44. The van der Waals surface area contributed by atoms with Gasteiger partial charge in [-0.05, 0) is 24.6 Å². The number of carbonyl (C=O) groups is 1. The maximum Gasteiger partial charge on any atom is 0.278 e. The fourth-order valence-electron chi connectivity index (χ4n) is 2.39. The summed E-state index contributed by atoms with van der Waals surface area (Å²) in [6.45, 7) is 2.37. The van der Waals surface area contributed by atoms with E-state index < -0.39 is 5.91 Å². The van der Waals surface area contributed by atoms with Crippen LogP contribution in [0.15, 0.2) is 41.2 Å². The van der Waals surface area contributed by atoms with Crippen molar-refractivity contribution in [3.63, 3.8) is 0 Å². The molecule has 0 aliphatic carbocycles. The fraction of sp³-hybridized carbons (Fsp3) is 0.235. The van der Waals surface area contributed by atoms with Gasteiger partial charge in [0.05, 0.1) is 12.7 Å². The number of hydrogen-bond donors (Lipinski definition) is 2. The number of rotatable bonds is 6. The predicted octanol–water partition coefficient (Wildman–Crippen LogP) is 1.70. The molecule has 0 spiro atoms. The van der Waals surface area contributed by atoms with E-state index >= 15 is 0 Å². The van der Waals surface area contributed by atoms with Gasteiger partial charge in [0, 0.05) is 12.6 Å². The molecule has 0 bridgehead atoms. The maximum absolute atomic E-state index is 12.3. The van der Waals surface area contributed by atoms with E-state index in [1.165, 1.54) is 16.8 Å². The smallest absolute Gasteiger partial charge is 0.278 e. The maximum atomic E-state index is 12.3. The summed E-state index contributed by atoms with van der Waals surface area (Å²) in [6, 6.07) is 10.0. The molecular formula is C17H18N6O3. The number of ether oxygens (including phenoxy) is 1. The number of nitrogens with zero attached hydrogens (tertiary/aromatic N) is 4. The molecule has 26 heavy (non-hydrogen) atoms. The largest absolute Gasteiger partial charge is 0.496 e. The third kappa shape index (κ3) is 3.61. The molecule has 0 aliphatic heterocycles. The zero-order valence-electron chi connectivity index (χ0n) is 14.4. The van der Waals surface area contributed by atoms with Gasteiger partial charge < -0.3 is 4.74 Å². The number of amides is 1.